The quantitative estimate of drug-likeness (QED) is 0.859. The van der Waals surface area contributed by atoms with E-state index in [1.54, 1.807) is 0 Å². The molecule has 0 spiro atoms. The highest BCUT2D eigenvalue weighted by atomic mass is 79.9. The Bertz CT molecular complexity index is 428. The molecule has 1 unspecified atom stereocenters. The zero-order valence-corrected chi connectivity index (χ0v) is 13.8. The third-order valence-electron chi connectivity index (χ3n) is 3.48. The molecule has 1 saturated heterocycles. The van der Waals surface area contributed by atoms with E-state index in [0.29, 0.717) is 6.61 Å². The standard InChI is InChI=1S/C15H23BrN2O2/c1-3-18-6-7-19-14(10-18)11-20-15-5-4-13(16)8-12(15)9-17-2/h4-5,8,14,17H,3,6-7,9-11H2,1-2H3. The molecule has 0 saturated carbocycles. The van der Waals surface area contributed by atoms with Gasteiger partial charge in [-0.25, -0.2) is 0 Å². The van der Waals surface area contributed by atoms with Gasteiger partial charge in [0, 0.05) is 29.7 Å². The first kappa shape index (κ1) is 15.8. The Labute approximate surface area is 129 Å². The summed E-state index contributed by atoms with van der Waals surface area (Å²) in [4.78, 5) is 2.40. The largest absolute Gasteiger partial charge is 0.490 e. The van der Waals surface area contributed by atoms with Crippen molar-refractivity contribution in [2.24, 2.45) is 0 Å². The van der Waals surface area contributed by atoms with Gasteiger partial charge < -0.3 is 14.8 Å². The van der Waals surface area contributed by atoms with E-state index in [-0.39, 0.29) is 6.10 Å². The number of likely N-dealkylation sites (N-methyl/N-ethyl adjacent to an activating group) is 1. The van der Waals surface area contributed by atoms with Crippen LogP contribution in [-0.4, -0.2) is 50.9 Å². The fourth-order valence-corrected chi connectivity index (χ4v) is 2.78. The fourth-order valence-electron chi connectivity index (χ4n) is 2.37. The molecular formula is C15H23BrN2O2. The lowest BCUT2D eigenvalue weighted by molar-refractivity contribution is -0.0465. The van der Waals surface area contributed by atoms with Crippen LogP contribution in [-0.2, 0) is 11.3 Å². The second-order valence-corrected chi connectivity index (χ2v) is 5.90. The maximum absolute atomic E-state index is 5.96. The van der Waals surface area contributed by atoms with E-state index in [4.69, 9.17) is 9.47 Å². The minimum absolute atomic E-state index is 0.162. The Kier molecular flexibility index (Phi) is 6.29. The molecule has 1 atom stereocenters. The number of nitrogens with zero attached hydrogens (tertiary/aromatic N) is 1. The molecule has 0 radical (unpaired) electrons. The molecule has 20 heavy (non-hydrogen) atoms. The number of morpholine rings is 1. The molecule has 5 heteroatoms. The lowest BCUT2D eigenvalue weighted by Gasteiger charge is -2.32. The van der Waals surface area contributed by atoms with Crippen LogP contribution in [0, 0.1) is 0 Å². The molecule has 1 heterocycles. The van der Waals surface area contributed by atoms with Crippen molar-refractivity contribution in [3.8, 4) is 5.75 Å². The van der Waals surface area contributed by atoms with E-state index in [1.807, 2.05) is 19.2 Å². The lowest BCUT2D eigenvalue weighted by atomic mass is 10.2. The van der Waals surface area contributed by atoms with Crippen molar-refractivity contribution < 1.29 is 9.47 Å². The molecule has 0 amide bonds. The molecule has 0 bridgehead atoms. The van der Waals surface area contributed by atoms with Gasteiger partial charge in [-0.1, -0.05) is 22.9 Å². The Hall–Kier alpha value is -0.620. The normalized spacial score (nSPS) is 20.1. The van der Waals surface area contributed by atoms with Crippen molar-refractivity contribution in [1.82, 2.24) is 10.2 Å². The maximum atomic E-state index is 5.96. The molecule has 0 aliphatic carbocycles. The lowest BCUT2D eigenvalue weighted by Crippen LogP contribution is -2.44. The van der Waals surface area contributed by atoms with Crippen LogP contribution in [0.25, 0.3) is 0 Å². The monoisotopic (exact) mass is 342 g/mol. The van der Waals surface area contributed by atoms with Crippen LogP contribution in [0.3, 0.4) is 0 Å². The van der Waals surface area contributed by atoms with Crippen LogP contribution >= 0.6 is 15.9 Å². The van der Waals surface area contributed by atoms with Crippen LogP contribution in [0.2, 0.25) is 0 Å². The summed E-state index contributed by atoms with van der Waals surface area (Å²) in [5, 5.41) is 3.17. The van der Waals surface area contributed by atoms with E-state index >= 15 is 0 Å². The average molecular weight is 343 g/mol. The summed E-state index contributed by atoms with van der Waals surface area (Å²) in [6, 6.07) is 6.11. The molecular weight excluding hydrogens is 320 g/mol. The number of hydrogen-bond donors (Lipinski definition) is 1. The van der Waals surface area contributed by atoms with Gasteiger partial charge >= 0.3 is 0 Å². The van der Waals surface area contributed by atoms with Crippen molar-refractivity contribution in [3.05, 3.63) is 28.2 Å². The molecule has 1 aliphatic heterocycles. The Morgan fingerprint density at radius 3 is 3.10 bits per heavy atom. The van der Waals surface area contributed by atoms with E-state index in [1.165, 1.54) is 0 Å². The van der Waals surface area contributed by atoms with Gasteiger partial charge in [-0.3, -0.25) is 4.90 Å². The van der Waals surface area contributed by atoms with E-state index in [0.717, 1.165) is 48.6 Å². The Morgan fingerprint density at radius 1 is 1.50 bits per heavy atom. The van der Waals surface area contributed by atoms with Crippen molar-refractivity contribution in [2.45, 2.75) is 19.6 Å². The predicted molar refractivity (Wildman–Crippen MR) is 84.3 cm³/mol. The number of benzene rings is 1. The number of hydrogen-bond acceptors (Lipinski definition) is 4. The van der Waals surface area contributed by atoms with Gasteiger partial charge in [0.15, 0.2) is 0 Å². The van der Waals surface area contributed by atoms with Crippen LogP contribution in [0.1, 0.15) is 12.5 Å². The van der Waals surface area contributed by atoms with E-state index in [2.05, 4.69) is 39.1 Å². The average Bonchev–Trinajstić information content (AvgIpc) is 2.47. The van der Waals surface area contributed by atoms with Crippen LogP contribution in [0.4, 0.5) is 0 Å². The first-order valence-corrected chi connectivity index (χ1v) is 7.92. The molecule has 1 aliphatic rings. The van der Waals surface area contributed by atoms with Crippen molar-refractivity contribution in [2.75, 3.05) is 39.9 Å². The molecule has 1 aromatic rings. The second-order valence-electron chi connectivity index (χ2n) is 4.98. The highest BCUT2D eigenvalue weighted by Gasteiger charge is 2.20. The first-order chi connectivity index (χ1) is 9.72. The molecule has 0 aromatic heterocycles. The predicted octanol–water partition coefficient (Wildman–Crippen LogP) is 2.27. The highest BCUT2D eigenvalue weighted by molar-refractivity contribution is 9.10. The fraction of sp³-hybridized carbons (Fsp3) is 0.600. The molecule has 1 N–H and O–H groups in total. The molecule has 4 nitrogen and oxygen atoms in total. The van der Waals surface area contributed by atoms with Gasteiger partial charge in [-0.05, 0) is 31.8 Å². The van der Waals surface area contributed by atoms with Gasteiger partial charge in [0.1, 0.15) is 18.5 Å². The first-order valence-electron chi connectivity index (χ1n) is 7.12. The smallest absolute Gasteiger partial charge is 0.124 e. The summed E-state index contributed by atoms with van der Waals surface area (Å²) < 4.78 is 12.8. The van der Waals surface area contributed by atoms with Crippen LogP contribution in [0.15, 0.2) is 22.7 Å². The summed E-state index contributed by atoms with van der Waals surface area (Å²) in [5.74, 6) is 0.930. The summed E-state index contributed by atoms with van der Waals surface area (Å²) in [6.45, 7) is 7.43. The number of rotatable bonds is 6. The van der Waals surface area contributed by atoms with Crippen LogP contribution < -0.4 is 10.1 Å². The van der Waals surface area contributed by atoms with Gasteiger partial charge in [-0.15, -0.1) is 0 Å². The molecule has 2 rings (SSSR count). The maximum Gasteiger partial charge on any atom is 0.124 e. The molecule has 1 fully saturated rings. The van der Waals surface area contributed by atoms with Gasteiger partial charge in [-0.2, -0.15) is 0 Å². The van der Waals surface area contributed by atoms with Gasteiger partial charge in [0.2, 0.25) is 0 Å². The van der Waals surface area contributed by atoms with E-state index in [9.17, 15) is 0 Å². The number of halogens is 1. The summed E-state index contributed by atoms with van der Waals surface area (Å²) in [6.07, 6.45) is 0.162. The van der Waals surface area contributed by atoms with E-state index < -0.39 is 0 Å². The van der Waals surface area contributed by atoms with Gasteiger partial charge in [0.05, 0.1) is 6.61 Å². The third-order valence-corrected chi connectivity index (χ3v) is 3.98. The third kappa shape index (κ3) is 4.45. The molecule has 1 aromatic carbocycles. The zero-order chi connectivity index (χ0) is 14.4. The SMILES string of the molecule is CCN1CCOC(COc2ccc(Br)cc2CNC)C1. The number of ether oxygens (including phenoxy) is 2. The van der Waals surface area contributed by atoms with Crippen molar-refractivity contribution >= 4 is 15.9 Å². The summed E-state index contributed by atoms with van der Waals surface area (Å²) in [5.41, 5.74) is 1.16. The van der Waals surface area contributed by atoms with Crippen molar-refractivity contribution in [1.29, 1.82) is 0 Å². The Morgan fingerprint density at radius 2 is 2.35 bits per heavy atom. The minimum Gasteiger partial charge on any atom is -0.490 e. The topological polar surface area (TPSA) is 33.7 Å². The minimum atomic E-state index is 0.162. The van der Waals surface area contributed by atoms with Crippen LogP contribution in [0.5, 0.6) is 5.75 Å². The highest BCUT2D eigenvalue weighted by Crippen LogP contribution is 2.23. The van der Waals surface area contributed by atoms with Gasteiger partial charge in [0.25, 0.3) is 0 Å². The second kappa shape index (κ2) is 7.98. The number of nitrogens with one attached hydrogen (secondary N) is 1. The summed E-state index contributed by atoms with van der Waals surface area (Å²) >= 11 is 3.50. The Balaban J connectivity index is 1.93. The zero-order valence-electron chi connectivity index (χ0n) is 12.2. The summed E-state index contributed by atoms with van der Waals surface area (Å²) in [7, 11) is 1.94. The molecule has 112 valence electrons. The van der Waals surface area contributed by atoms with Crippen molar-refractivity contribution in [3.63, 3.8) is 0 Å².